The van der Waals surface area contributed by atoms with Crippen LogP contribution in [-0.2, 0) is 14.4 Å². The van der Waals surface area contributed by atoms with E-state index in [1.54, 1.807) is 12.1 Å². The molecule has 4 amide bonds. The van der Waals surface area contributed by atoms with Crippen LogP contribution in [-0.4, -0.2) is 40.7 Å². The molecule has 1 aromatic carbocycles. The van der Waals surface area contributed by atoms with E-state index in [4.69, 9.17) is 4.74 Å². The van der Waals surface area contributed by atoms with Crippen LogP contribution in [0.4, 0.5) is 4.79 Å². The lowest BCUT2D eigenvalue weighted by molar-refractivity contribution is -0.133. The van der Waals surface area contributed by atoms with Gasteiger partial charge in [-0.2, -0.15) is 0 Å². The fourth-order valence-corrected chi connectivity index (χ4v) is 2.15. The maximum Gasteiger partial charge on any atom is 0.334 e. The number of nitrogens with zero attached hydrogens (tertiary/aromatic N) is 2. The van der Waals surface area contributed by atoms with E-state index >= 15 is 0 Å². The molecule has 1 aliphatic heterocycles. The first-order chi connectivity index (χ1) is 9.82. The monoisotopic (exact) mass is 290 g/mol. The van der Waals surface area contributed by atoms with Crippen LogP contribution in [0.1, 0.15) is 25.5 Å². The molecular weight excluding hydrogens is 276 g/mol. The number of hydrogen-bond acceptors (Lipinski definition) is 5. The minimum Gasteiger partial charge on any atom is -0.427 e. The molecule has 0 saturated carbocycles. The number of rotatable bonds is 2. The number of likely N-dealkylation sites (N-methyl/N-ethyl adjacent to an activating group) is 1. The van der Waals surface area contributed by atoms with Gasteiger partial charge in [0.05, 0.1) is 0 Å². The zero-order valence-corrected chi connectivity index (χ0v) is 11.8. The van der Waals surface area contributed by atoms with E-state index in [0.29, 0.717) is 11.3 Å². The first-order valence-electron chi connectivity index (χ1n) is 6.22. The Morgan fingerprint density at radius 2 is 1.67 bits per heavy atom. The first-order valence-corrected chi connectivity index (χ1v) is 6.22. The number of imide groups is 2. The molecule has 1 aromatic rings. The summed E-state index contributed by atoms with van der Waals surface area (Å²) < 4.78 is 4.89. The molecule has 0 N–H and O–H groups in total. The molecule has 1 saturated heterocycles. The van der Waals surface area contributed by atoms with E-state index in [0.717, 1.165) is 9.80 Å². The molecule has 2 rings (SSSR count). The Labute approximate surface area is 121 Å². The summed E-state index contributed by atoms with van der Waals surface area (Å²) in [6, 6.07) is 4.47. The Morgan fingerprint density at radius 1 is 1.10 bits per heavy atom. The van der Waals surface area contributed by atoms with Gasteiger partial charge in [-0.1, -0.05) is 12.1 Å². The minimum atomic E-state index is -0.980. The largest absolute Gasteiger partial charge is 0.427 e. The van der Waals surface area contributed by atoms with Crippen molar-refractivity contribution in [1.29, 1.82) is 0 Å². The maximum atomic E-state index is 12.1. The predicted octanol–water partition coefficient (Wildman–Crippen LogP) is 1.09. The van der Waals surface area contributed by atoms with Crippen molar-refractivity contribution < 1.29 is 23.9 Å². The van der Waals surface area contributed by atoms with Crippen molar-refractivity contribution in [2.45, 2.75) is 19.9 Å². The molecule has 1 fully saturated rings. The van der Waals surface area contributed by atoms with Crippen LogP contribution in [0.25, 0.3) is 0 Å². The molecule has 7 nitrogen and oxygen atoms in total. The second kappa shape index (κ2) is 5.35. The predicted molar refractivity (Wildman–Crippen MR) is 71.2 cm³/mol. The lowest BCUT2D eigenvalue weighted by Crippen LogP contribution is -2.34. The molecular formula is C14H14N2O5. The number of hydrogen-bond donors (Lipinski definition) is 0. The molecule has 1 atom stereocenters. The topological polar surface area (TPSA) is 84.0 Å². The zero-order valence-electron chi connectivity index (χ0n) is 11.8. The Hall–Kier alpha value is -2.70. The summed E-state index contributed by atoms with van der Waals surface area (Å²) in [4.78, 5) is 48.3. The normalized spacial score (nSPS) is 18.1. The van der Waals surface area contributed by atoms with Crippen LogP contribution in [0.5, 0.6) is 5.75 Å². The number of benzene rings is 1. The van der Waals surface area contributed by atoms with Crippen molar-refractivity contribution >= 4 is 23.8 Å². The highest BCUT2D eigenvalue weighted by atomic mass is 16.5. The highest BCUT2D eigenvalue weighted by Gasteiger charge is 2.46. The fraction of sp³-hybridized carbons (Fsp3) is 0.286. The Morgan fingerprint density at radius 3 is 2.14 bits per heavy atom. The van der Waals surface area contributed by atoms with Gasteiger partial charge < -0.3 is 4.74 Å². The lowest BCUT2D eigenvalue weighted by atomic mass is 10.1. The molecule has 0 radical (unpaired) electrons. The summed E-state index contributed by atoms with van der Waals surface area (Å²) in [6.45, 7) is 2.50. The highest BCUT2D eigenvalue weighted by molar-refractivity contribution is 6.11. The third kappa shape index (κ3) is 2.62. The molecule has 1 unspecified atom stereocenters. The quantitative estimate of drug-likeness (QED) is 0.462. The second-order valence-electron chi connectivity index (χ2n) is 4.63. The van der Waals surface area contributed by atoms with E-state index in [9.17, 15) is 19.2 Å². The van der Waals surface area contributed by atoms with Gasteiger partial charge in [0.15, 0.2) is 0 Å². The Balaban J connectivity index is 2.35. The average molecular weight is 290 g/mol. The highest BCUT2D eigenvalue weighted by Crippen LogP contribution is 2.31. The summed E-state index contributed by atoms with van der Waals surface area (Å²) in [6.07, 6.45) is 0. The Bertz CT molecular complexity index is 623. The van der Waals surface area contributed by atoms with Crippen LogP contribution in [0.3, 0.4) is 0 Å². The lowest BCUT2D eigenvalue weighted by Gasteiger charge is -2.18. The average Bonchev–Trinajstić information content (AvgIpc) is 2.63. The molecule has 1 heterocycles. The zero-order chi connectivity index (χ0) is 15.7. The Kier molecular flexibility index (Phi) is 3.75. The first kappa shape index (κ1) is 14.7. The number of carbonyl (C=O) groups is 4. The van der Waals surface area contributed by atoms with Gasteiger partial charge in [0, 0.05) is 20.9 Å². The van der Waals surface area contributed by atoms with E-state index in [-0.39, 0.29) is 0 Å². The van der Waals surface area contributed by atoms with Gasteiger partial charge in [-0.3, -0.25) is 19.3 Å². The van der Waals surface area contributed by atoms with E-state index in [1.807, 2.05) is 0 Å². The number of urea groups is 1. The summed E-state index contributed by atoms with van der Waals surface area (Å²) in [7, 11) is 1.33. The SMILES string of the molecule is CC(=O)Oc1ccc(C2C(=O)N(C)C(=O)N2C(C)=O)cc1. The molecule has 110 valence electrons. The molecule has 0 bridgehead atoms. The van der Waals surface area contributed by atoms with Gasteiger partial charge in [-0.15, -0.1) is 0 Å². The summed E-state index contributed by atoms with van der Waals surface area (Å²) in [5.74, 6) is -1.12. The molecule has 21 heavy (non-hydrogen) atoms. The number of amides is 4. The fourth-order valence-electron chi connectivity index (χ4n) is 2.15. The molecule has 0 spiro atoms. The van der Waals surface area contributed by atoms with Crippen LogP contribution in [0.2, 0.25) is 0 Å². The number of ether oxygens (including phenoxy) is 1. The van der Waals surface area contributed by atoms with Crippen LogP contribution >= 0.6 is 0 Å². The smallest absolute Gasteiger partial charge is 0.334 e. The van der Waals surface area contributed by atoms with Gasteiger partial charge >= 0.3 is 12.0 Å². The van der Waals surface area contributed by atoms with Gasteiger partial charge in [0.2, 0.25) is 5.91 Å². The molecule has 1 aliphatic rings. The van der Waals surface area contributed by atoms with Crippen molar-refractivity contribution in [3.8, 4) is 5.75 Å². The third-order valence-electron chi connectivity index (χ3n) is 3.11. The van der Waals surface area contributed by atoms with Crippen molar-refractivity contribution in [1.82, 2.24) is 9.80 Å². The summed E-state index contributed by atoms with van der Waals surface area (Å²) in [5.41, 5.74) is 0.476. The molecule has 0 aromatic heterocycles. The maximum absolute atomic E-state index is 12.1. The van der Waals surface area contributed by atoms with Crippen LogP contribution < -0.4 is 4.74 Å². The second-order valence-corrected chi connectivity index (χ2v) is 4.63. The van der Waals surface area contributed by atoms with Gasteiger partial charge in [0.1, 0.15) is 11.8 Å². The van der Waals surface area contributed by atoms with E-state index < -0.39 is 29.9 Å². The standard InChI is InChI=1S/C14H14N2O5/c1-8(17)16-12(13(19)15(3)14(16)20)10-4-6-11(7-5-10)21-9(2)18/h4-7,12H,1-3H3. The summed E-state index contributed by atoms with van der Waals surface area (Å²) >= 11 is 0. The van der Waals surface area contributed by atoms with Crippen molar-refractivity contribution in [3.63, 3.8) is 0 Å². The van der Waals surface area contributed by atoms with Gasteiger partial charge in [-0.05, 0) is 17.7 Å². The molecule has 7 heteroatoms. The number of esters is 1. The van der Waals surface area contributed by atoms with E-state index in [1.165, 1.54) is 33.0 Å². The van der Waals surface area contributed by atoms with Crippen molar-refractivity contribution in [2.24, 2.45) is 0 Å². The van der Waals surface area contributed by atoms with Gasteiger partial charge in [0.25, 0.3) is 5.91 Å². The van der Waals surface area contributed by atoms with Crippen molar-refractivity contribution in [2.75, 3.05) is 7.05 Å². The third-order valence-corrected chi connectivity index (χ3v) is 3.11. The van der Waals surface area contributed by atoms with Crippen molar-refractivity contribution in [3.05, 3.63) is 29.8 Å². The molecule has 0 aliphatic carbocycles. The van der Waals surface area contributed by atoms with E-state index in [2.05, 4.69) is 0 Å². The van der Waals surface area contributed by atoms with Gasteiger partial charge in [-0.25, -0.2) is 9.69 Å². The summed E-state index contributed by atoms with van der Waals surface area (Å²) in [5, 5.41) is 0. The number of carbonyl (C=O) groups excluding carboxylic acids is 4. The van der Waals surface area contributed by atoms with Crippen LogP contribution in [0.15, 0.2) is 24.3 Å². The van der Waals surface area contributed by atoms with Crippen LogP contribution in [0, 0.1) is 0 Å². The minimum absolute atomic E-state index is 0.325.